The second-order valence-electron chi connectivity index (χ2n) is 8.17. The first-order chi connectivity index (χ1) is 12.1. The van der Waals surface area contributed by atoms with Gasteiger partial charge >= 0.3 is 0 Å². The van der Waals surface area contributed by atoms with Crippen molar-refractivity contribution >= 4 is 11.6 Å². The van der Waals surface area contributed by atoms with Crippen LogP contribution in [-0.4, -0.2) is 18.0 Å². The average Bonchev–Trinajstić information content (AvgIpc) is 2.95. The summed E-state index contributed by atoms with van der Waals surface area (Å²) in [6.45, 7) is 4.40. The number of amides is 1. The number of hydrogen-bond acceptors (Lipinski definition) is 2. The monoisotopic (exact) mass is 342 g/mol. The Bertz CT molecular complexity index is 592. The van der Waals surface area contributed by atoms with Crippen LogP contribution in [0.2, 0.25) is 0 Å². The van der Waals surface area contributed by atoms with Crippen LogP contribution in [-0.2, 0) is 17.6 Å². The first-order valence-corrected chi connectivity index (χ1v) is 10.3. The third-order valence-electron chi connectivity index (χ3n) is 5.98. The maximum Gasteiger partial charge on any atom is 0.230 e. The van der Waals surface area contributed by atoms with E-state index in [1.807, 2.05) is 0 Å². The van der Waals surface area contributed by atoms with E-state index in [0.717, 1.165) is 37.8 Å². The molecule has 1 aliphatic carbocycles. The molecule has 0 bridgehead atoms. The molecule has 25 heavy (non-hydrogen) atoms. The SMILES string of the molecule is CCCCC(N)Cc1ccc2c(c1)CC(C)N2C(=O)C1CCCCC1. The fraction of sp³-hybridized carbons (Fsp3) is 0.682. The van der Waals surface area contributed by atoms with Gasteiger partial charge < -0.3 is 10.6 Å². The highest BCUT2D eigenvalue weighted by Crippen LogP contribution is 2.36. The first-order valence-electron chi connectivity index (χ1n) is 10.3. The number of rotatable bonds is 6. The zero-order valence-electron chi connectivity index (χ0n) is 16.0. The Morgan fingerprint density at radius 2 is 2.04 bits per heavy atom. The highest BCUT2D eigenvalue weighted by atomic mass is 16.2. The second kappa shape index (κ2) is 8.35. The molecule has 0 aromatic heterocycles. The fourth-order valence-corrected chi connectivity index (χ4v) is 4.56. The Morgan fingerprint density at radius 1 is 1.28 bits per heavy atom. The summed E-state index contributed by atoms with van der Waals surface area (Å²) in [6.07, 6.45) is 11.3. The van der Waals surface area contributed by atoms with Gasteiger partial charge in [0.25, 0.3) is 0 Å². The largest absolute Gasteiger partial charge is 0.327 e. The molecule has 1 saturated carbocycles. The minimum atomic E-state index is 0.240. The van der Waals surface area contributed by atoms with Crippen LogP contribution in [0, 0.1) is 5.92 Å². The molecule has 2 N–H and O–H groups in total. The van der Waals surface area contributed by atoms with E-state index in [1.54, 1.807) is 0 Å². The number of carbonyl (C=O) groups excluding carboxylic acids is 1. The molecule has 2 atom stereocenters. The summed E-state index contributed by atoms with van der Waals surface area (Å²) in [4.78, 5) is 15.1. The van der Waals surface area contributed by atoms with E-state index in [2.05, 4.69) is 36.9 Å². The minimum Gasteiger partial charge on any atom is -0.327 e. The van der Waals surface area contributed by atoms with Crippen molar-refractivity contribution in [3.05, 3.63) is 29.3 Å². The zero-order valence-corrected chi connectivity index (χ0v) is 16.0. The summed E-state index contributed by atoms with van der Waals surface area (Å²) >= 11 is 0. The van der Waals surface area contributed by atoms with E-state index >= 15 is 0 Å². The van der Waals surface area contributed by atoms with Gasteiger partial charge in [-0.1, -0.05) is 51.2 Å². The molecule has 0 spiro atoms. The van der Waals surface area contributed by atoms with Gasteiger partial charge in [-0.3, -0.25) is 4.79 Å². The Morgan fingerprint density at radius 3 is 2.76 bits per heavy atom. The Kier molecular flexibility index (Phi) is 6.16. The molecule has 2 unspecified atom stereocenters. The summed E-state index contributed by atoms with van der Waals surface area (Å²) in [7, 11) is 0. The van der Waals surface area contributed by atoms with Gasteiger partial charge in [-0.15, -0.1) is 0 Å². The highest BCUT2D eigenvalue weighted by molar-refractivity contribution is 5.97. The number of nitrogens with two attached hydrogens (primary N) is 1. The lowest BCUT2D eigenvalue weighted by Gasteiger charge is -2.29. The normalized spacial score (nSPS) is 22.0. The van der Waals surface area contributed by atoms with Crippen molar-refractivity contribution in [2.45, 2.75) is 90.1 Å². The van der Waals surface area contributed by atoms with Gasteiger partial charge in [0.2, 0.25) is 5.91 Å². The van der Waals surface area contributed by atoms with Crippen LogP contribution in [0.4, 0.5) is 5.69 Å². The summed E-state index contributed by atoms with van der Waals surface area (Å²) < 4.78 is 0. The molecular weight excluding hydrogens is 308 g/mol. The van der Waals surface area contributed by atoms with E-state index in [1.165, 1.54) is 43.2 Å². The maximum absolute atomic E-state index is 13.1. The summed E-state index contributed by atoms with van der Waals surface area (Å²) in [6, 6.07) is 7.18. The second-order valence-corrected chi connectivity index (χ2v) is 8.17. The van der Waals surface area contributed by atoms with Gasteiger partial charge in [-0.2, -0.15) is 0 Å². The number of hydrogen-bond donors (Lipinski definition) is 1. The standard InChI is InChI=1S/C22H34N2O/c1-3-4-10-20(23)15-17-11-12-21-19(14-17)13-16(2)24(21)22(25)18-8-6-5-7-9-18/h11-12,14,16,18,20H,3-10,13,15,23H2,1-2H3. The average molecular weight is 343 g/mol. The van der Waals surface area contributed by atoms with Crippen LogP contribution in [0.3, 0.4) is 0 Å². The molecule has 138 valence electrons. The third-order valence-corrected chi connectivity index (χ3v) is 5.98. The summed E-state index contributed by atoms with van der Waals surface area (Å²) in [5, 5.41) is 0. The summed E-state index contributed by atoms with van der Waals surface area (Å²) in [5.74, 6) is 0.600. The van der Waals surface area contributed by atoms with Crippen LogP contribution >= 0.6 is 0 Å². The topological polar surface area (TPSA) is 46.3 Å². The van der Waals surface area contributed by atoms with Crippen LogP contribution in [0.15, 0.2) is 18.2 Å². The van der Waals surface area contributed by atoms with E-state index in [9.17, 15) is 4.79 Å². The van der Waals surface area contributed by atoms with E-state index < -0.39 is 0 Å². The third kappa shape index (κ3) is 4.25. The smallest absolute Gasteiger partial charge is 0.230 e. The minimum absolute atomic E-state index is 0.240. The number of benzene rings is 1. The lowest BCUT2D eigenvalue weighted by atomic mass is 9.88. The van der Waals surface area contributed by atoms with Crippen molar-refractivity contribution in [2.24, 2.45) is 11.7 Å². The van der Waals surface area contributed by atoms with Gasteiger partial charge in [0.15, 0.2) is 0 Å². The summed E-state index contributed by atoms with van der Waals surface area (Å²) in [5.41, 5.74) is 10.1. The number of fused-ring (bicyclic) bond motifs is 1. The highest BCUT2D eigenvalue weighted by Gasteiger charge is 2.35. The quantitative estimate of drug-likeness (QED) is 0.821. The number of carbonyl (C=O) groups is 1. The van der Waals surface area contributed by atoms with Crippen molar-refractivity contribution in [3.63, 3.8) is 0 Å². The maximum atomic E-state index is 13.1. The molecule has 1 aromatic rings. The Labute approximate surface area is 153 Å². The molecule has 0 saturated heterocycles. The van der Waals surface area contributed by atoms with E-state index in [0.29, 0.717) is 5.91 Å². The number of anilines is 1. The predicted octanol–water partition coefficient (Wildman–Crippen LogP) is 4.60. The van der Waals surface area contributed by atoms with Gasteiger partial charge in [-0.25, -0.2) is 0 Å². The van der Waals surface area contributed by atoms with Gasteiger partial charge in [0.05, 0.1) is 0 Å². The molecule has 1 fully saturated rings. The zero-order chi connectivity index (χ0) is 17.8. The molecule has 3 heteroatoms. The van der Waals surface area contributed by atoms with Crippen LogP contribution < -0.4 is 10.6 Å². The van der Waals surface area contributed by atoms with Crippen molar-refractivity contribution in [1.29, 1.82) is 0 Å². The Balaban J connectivity index is 1.71. The van der Waals surface area contributed by atoms with Gasteiger partial charge in [-0.05, 0) is 56.2 Å². The molecule has 2 aliphatic rings. The molecule has 3 nitrogen and oxygen atoms in total. The Hall–Kier alpha value is -1.35. The molecule has 0 radical (unpaired) electrons. The first kappa shape index (κ1) is 18.4. The van der Waals surface area contributed by atoms with Crippen LogP contribution in [0.5, 0.6) is 0 Å². The van der Waals surface area contributed by atoms with E-state index in [4.69, 9.17) is 5.73 Å². The predicted molar refractivity (Wildman–Crippen MR) is 105 cm³/mol. The number of nitrogens with zero attached hydrogens (tertiary/aromatic N) is 1. The molecule has 1 heterocycles. The fourth-order valence-electron chi connectivity index (χ4n) is 4.56. The molecular formula is C22H34N2O. The van der Waals surface area contributed by atoms with Crippen molar-refractivity contribution in [2.75, 3.05) is 4.90 Å². The van der Waals surface area contributed by atoms with E-state index in [-0.39, 0.29) is 18.0 Å². The molecule has 1 amide bonds. The van der Waals surface area contributed by atoms with Gasteiger partial charge in [0.1, 0.15) is 0 Å². The number of unbranched alkanes of at least 4 members (excludes halogenated alkanes) is 1. The van der Waals surface area contributed by atoms with Crippen LogP contribution in [0.1, 0.15) is 76.3 Å². The molecule has 1 aliphatic heterocycles. The van der Waals surface area contributed by atoms with Crippen molar-refractivity contribution < 1.29 is 4.79 Å². The van der Waals surface area contributed by atoms with Gasteiger partial charge in [0, 0.05) is 23.7 Å². The molecule has 1 aromatic carbocycles. The van der Waals surface area contributed by atoms with Crippen molar-refractivity contribution in [3.8, 4) is 0 Å². The van der Waals surface area contributed by atoms with Crippen LogP contribution in [0.25, 0.3) is 0 Å². The lowest BCUT2D eigenvalue weighted by Crippen LogP contribution is -2.40. The van der Waals surface area contributed by atoms with Crippen molar-refractivity contribution in [1.82, 2.24) is 0 Å². The lowest BCUT2D eigenvalue weighted by molar-refractivity contribution is -0.123. The molecule has 3 rings (SSSR count).